The van der Waals surface area contributed by atoms with Gasteiger partial charge >= 0.3 is 0 Å². The van der Waals surface area contributed by atoms with Gasteiger partial charge in [-0.25, -0.2) is 0 Å². The topological polar surface area (TPSA) is 9.23 Å². The molecule has 0 aliphatic heterocycles. The van der Waals surface area contributed by atoms with Crippen LogP contribution in [0.5, 0.6) is 5.75 Å². The SMILES string of the molecule is C=CCCOc1ccc(-c2ccc3c(c2)CCC(C2CCC(/C=C/C)CC2)C3)cc1. The standard InChI is InChI=1S/C29H36O/c1-3-5-19-30-29-17-15-24(16-18-29)26-12-14-27-20-25(11-13-28(27)21-26)23-9-7-22(6-4-2)8-10-23/h3-4,6,12,14-18,21-23,25H,1,5,7-11,13,19-20H2,2H3/b6-4+. The fraction of sp³-hybridized carbons (Fsp3) is 0.448. The third-order valence-electron chi connectivity index (χ3n) is 7.20. The lowest BCUT2D eigenvalue weighted by Gasteiger charge is -2.36. The normalized spacial score (nSPS) is 23.8. The van der Waals surface area contributed by atoms with Gasteiger partial charge in [0.05, 0.1) is 6.61 Å². The number of aryl methyl sites for hydroxylation is 1. The Bertz CT molecular complexity index is 852. The quantitative estimate of drug-likeness (QED) is 0.340. The van der Waals surface area contributed by atoms with E-state index in [-0.39, 0.29) is 0 Å². The van der Waals surface area contributed by atoms with E-state index < -0.39 is 0 Å². The first-order valence-corrected chi connectivity index (χ1v) is 11.9. The molecule has 1 unspecified atom stereocenters. The third-order valence-corrected chi connectivity index (χ3v) is 7.20. The Labute approximate surface area is 182 Å². The Morgan fingerprint density at radius 3 is 2.40 bits per heavy atom. The first-order chi connectivity index (χ1) is 14.8. The predicted molar refractivity (Wildman–Crippen MR) is 128 cm³/mol. The van der Waals surface area contributed by atoms with E-state index in [1.54, 1.807) is 11.1 Å². The first kappa shape index (κ1) is 21.0. The van der Waals surface area contributed by atoms with Crippen LogP contribution in [-0.2, 0) is 12.8 Å². The van der Waals surface area contributed by atoms with E-state index in [4.69, 9.17) is 4.74 Å². The summed E-state index contributed by atoms with van der Waals surface area (Å²) in [5.74, 6) is 3.60. The molecule has 1 heteroatoms. The van der Waals surface area contributed by atoms with Gasteiger partial charge in [0, 0.05) is 0 Å². The Hall–Kier alpha value is -2.28. The third kappa shape index (κ3) is 5.06. The zero-order chi connectivity index (χ0) is 20.8. The van der Waals surface area contributed by atoms with E-state index in [9.17, 15) is 0 Å². The number of fused-ring (bicyclic) bond motifs is 1. The molecule has 4 rings (SSSR count). The van der Waals surface area contributed by atoms with Crippen LogP contribution in [-0.4, -0.2) is 6.61 Å². The average molecular weight is 401 g/mol. The van der Waals surface area contributed by atoms with Gasteiger partial charge in [0.15, 0.2) is 0 Å². The molecule has 0 amide bonds. The van der Waals surface area contributed by atoms with Crippen molar-refractivity contribution in [3.05, 3.63) is 78.4 Å². The molecule has 1 nitrogen and oxygen atoms in total. The van der Waals surface area contributed by atoms with Gasteiger partial charge < -0.3 is 4.74 Å². The van der Waals surface area contributed by atoms with Gasteiger partial charge in [0.25, 0.3) is 0 Å². The molecule has 1 atom stereocenters. The highest BCUT2D eigenvalue weighted by molar-refractivity contribution is 5.66. The first-order valence-electron chi connectivity index (χ1n) is 11.9. The van der Waals surface area contributed by atoms with Crippen molar-refractivity contribution in [3.63, 3.8) is 0 Å². The van der Waals surface area contributed by atoms with Crippen LogP contribution >= 0.6 is 0 Å². The average Bonchev–Trinajstić information content (AvgIpc) is 2.80. The summed E-state index contributed by atoms with van der Waals surface area (Å²) in [6, 6.07) is 15.7. The molecule has 0 saturated heterocycles. The maximum Gasteiger partial charge on any atom is 0.119 e. The Morgan fingerprint density at radius 1 is 0.900 bits per heavy atom. The zero-order valence-electron chi connectivity index (χ0n) is 18.5. The summed E-state index contributed by atoms with van der Waals surface area (Å²) in [5, 5.41) is 0. The van der Waals surface area contributed by atoms with Gasteiger partial charge in [-0.2, -0.15) is 0 Å². The highest BCUT2D eigenvalue weighted by Gasteiger charge is 2.29. The molecule has 1 saturated carbocycles. The molecule has 0 N–H and O–H groups in total. The van der Waals surface area contributed by atoms with Crippen LogP contribution in [0.4, 0.5) is 0 Å². The minimum atomic E-state index is 0.694. The lowest BCUT2D eigenvalue weighted by molar-refractivity contribution is 0.206. The molecule has 0 radical (unpaired) electrons. The molecule has 0 bridgehead atoms. The van der Waals surface area contributed by atoms with Crippen molar-refractivity contribution in [3.8, 4) is 16.9 Å². The van der Waals surface area contributed by atoms with Crippen molar-refractivity contribution in [2.45, 2.75) is 58.3 Å². The van der Waals surface area contributed by atoms with Gasteiger partial charge in [-0.3, -0.25) is 0 Å². The van der Waals surface area contributed by atoms with E-state index in [1.165, 1.54) is 56.1 Å². The van der Waals surface area contributed by atoms with Gasteiger partial charge in [0.1, 0.15) is 5.75 Å². The molecular weight excluding hydrogens is 364 g/mol. The molecule has 0 aromatic heterocycles. The fourth-order valence-electron chi connectivity index (χ4n) is 5.45. The summed E-state index contributed by atoms with van der Waals surface area (Å²) in [6.07, 6.45) is 17.0. The molecule has 2 aliphatic carbocycles. The zero-order valence-corrected chi connectivity index (χ0v) is 18.5. The van der Waals surface area contributed by atoms with Crippen molar-refractivity contribution >= 4 is 0 Å². The number of benzene rings is 2. The predicted octanol–water partition coefficient (Wildman–Crippen LogP) is 7.80. The van der Waals surface area contributed by atoms with E-state index in [2.05, 4.69) is 68.1 Å². The van der Waals surface area contributed by atoms with Gasteiger partial charge in [0.2, 0.25) is 0 Å². The summed E-state index contributed by atoms with van der Waals surface area (Å²) in [5.41, 5.74) is 5.77. The van der Waals surface area contributed by atoms with Crippen LogP contribution in [0.3, 0.4) is 0 Å². The number of hydrogen-bond donors (Lipinski definition) is 0. The number of hydrogen-bond acceptors (Lipinski definition) is 1. The van der Waals surface area contributed by atoms with Crippen LogP contribution in [0, 0.1) is 17.8 Å². The maximum absolute atomic E-state index is 5.74. The van der Waals surface area contributed by atoms with Crippen molar-refractivity contribution in [2.24, 2.45) is 17.8 Å². The number of allylic oxidation sites excluding steroid dienone is 2. The lowest BCUT2D eigenvalue weighted by atomic mass is 9.69. The second kappa shape index (κ2) is 10.2. The number of ether oxygens (including phenoxy) is 1. The molecule has 2 aromatic rings. The largest absolute Gasteiger partial charge is 0.493 e. The van der Waals surface area contributed by atoms with Crippen LogP contribution in [0.1, 0.15) is 56.6 Å². The molecular formula is C29H36O. The van der Waals surface area contributed by atoms with Crippen LogP contribution in [0.2, 0.25) is 0 Å². The molecule has 158 valence electrons. The highest BCUT2D eigenvalue weighted by Crippen LogP contribution is 2.40. The second-order valence-electron chi connectivity index (χ2n) is 9.14. The maximum atomic E-state index is 5.74. The van der Waals surface area contributed by atoms with E-state index in [0.29, 0.717) is 6.61 Å². The van der Waals surface area contributed by atoms with Crippen LogP contribution < -0.4 is 4.74 Å². The van der Waals surface area contributed by atoms with Crippen LogP contribution in [0.25, 0.3) is 11.1 Å². The Kier molecular flexibility index (Phi) is 7.10. The molecule has 0 spiro atoms. The minimum Gasteiger partial charge on any atom is -0.493 e. The van der Waals surface area contributed by atoms with Crippen LogP contribution in [0.15, 0.2) is 67.3 Å². The molecule has 2 aliphatic rings. The minimum absolute atomic E-state index is 0.694. The fourth-order valence-corrected chi connectivity index (χ4v) is 5.45. The van der Waals surface area contributed by atoms with Crippen molar-refractivity contribution in [2.75, 3.05) is 6.61 Å². The molecule has 30 heavy (non-hydrogen) atoms. The number of rotatable bonds is 7. The molecule has 2 aromatic carbocycles. The lowest BCUT2D eigenvalue weighted by Crippen LogP contribution is -2.26. The Morgan fingerprint density at radius 2 is 1.67 bits per heavy atom. The summed E-state index contributed by atoms with van der Waals surface area (Å²) in [6.45, 7) is 6.59. The summed E-state index contributed by atoms with van der Waals surface area (Å²) in [4.78, 5) is 0. The molecule has 0 heterocycles. The van der Waals surface area contributed by atoms with E-state index in [1.807, 2.05) is 6.08 Å². The van der Waals surface area contributed by atoms with Crippen molar-refractivity contribution in [1.82, 2.24) is 0 Å². The van der Waals surface area contributed by atoms with E-state index in [0.717, 1.165) is 29.9 Å². The smallest absolute Gasteiger partial charge is 0.119 e. The van der Waals surface area contributed by atoms with Crippen molar-refractivity contribution in [1.29, 1.82) is 0 Å². The van der Waals surface area contributed by atoms with Gasteiger partial charge in [-0.1, -0.05) is 48.6 Å². The summed E-state index contributed by atoms with van der Waals surface area (Å²) >= 11 is 0. The van der Waals surface area contributed by atoms with Crippen molar-refractivity contribution < 1.29 is 4.74 Å². The van der Waals surface area contributed by atoms with Gasteiger partial charge in [-0.05, 0) is 110 Å². The Balaban J connectivity index is 1.38. The molecule has 1 fully saturated rings. The monoisotopic (exact) mass is 400 g/mol. The van der Waals surface area contributed by atoms with Gasteiger partial charge in [-0.15, -0.1) is 6.58 Å². The highest BCUT2D eigenvalue weighted by atomic mass is 16.5. The van der Waals surface area contributed by atoms with E-state index >= 15 is 0 Å². The second-order valence-corrected chi connectivity index (χ2v) is 9.14. The summed E-state index contributed by atoms with van der Waals surface area (Å²) in [7, 11) is 0. The summed E-state index contributed by atoms with van der Waals surface area (Å²) < 4.78 is 5.74.